The largest absolute Gasteiger partial charge is 0.434 e. The lowest BCUT2D eigenvalue weighted by Crippen LogP contribution is -2.36. The number of imidazole rings is 1. The molecule has 0 saturated carbocycles. The van der Waals surface area contributed by atoms with Crippen molar-refractivity contribution in [3.63, 3.8) is 0 Å². The summed E-state index contributed by atoms with van der Waals surface area (Å²) in [5, 5.41) is 10.2. The van der Waals surface area contributed by atoms with Crippen LogP contribution in [0.15, 0.2) is 48.8 Å². The molecular weight excluding hydrogens is 504 g/mol. The first-order chi connectivity index (χ1) is 17.4. The van der Waals surface area contributed by atoms with Crippen LogP contribution in [0.25, 0.3) is 22.2 Å². The van der Waals surface area contributed by atoms with Crippen molar-refractivity contribution in [2.45, 2.75) is 44.6 Å². The predicted octanol–water partition coefficient (Wildman–Crippen LogP) is 4.14. The molecule has 0 fully saturated rings. The molecule has 2 atom stereocenters. The fourth-order valence-electron chi connectivity index (χ4n) is 5.35. The molecule has 2 aliphatic heterocycles. The Hall–Kier alpha value is -3.64. The minimum atomic E-state index is -3.77. The van der Waals surface area contributed by atoms with Crippen molar-refractivity contribution in [3.8, 4) is 16.9 Å². The zero-order chi connectivity index (χ0) is 26.3. The monoisotopic (exact) mass is 527 g/mol. The Balaban J connectivity index is 1.54. The molecule has 2 aliphatic rings. The molecule has 9 nitrogen and oxygen atoms in total. The zero-order valence-corrected chi connectivity index (χ0v) is 20.9. The molecule has 192 valence electrons. The van der Waals surface area contributed by atoms with Gasteiger partial charge in [0.25, 0.3) is 0 Å². The van der Waals surface area contributed by atoms with E-state index >= 15 is 0 Å². The summed E-state index contributed by atoms with van der Waals surface area (Å²) in [6.07, 6.45) is 4.68. The minimum absolute atomic E-state index is 0.0638. The number of rotatable bonds is 5. The molecule has 0 saturated heterocycles. The van der Waals surface area contributed by atoms with Crippen molar-refractivity contribution in [1.82, 2.24) is 19.5 Å². The Labute approximate surface area is 211 Å². The Kier molecular flexibility index (Phi) is 5.09. The van der Waals surface area contributed by atoms with Crippen LogP contribution in [0.2, 0.25) is 0 Å². The second-order valence-electron chi connectivity index (χ2n) is 9.79. The van der Waals surface area contributed by atoms with E-state index in [1.54, 1.807) is 32.3 Å². The summed E-state index contributed by atoms with van der Waals surface area (Å²) in [4.78, 5) is 13.3. The molecule has 0 radical (unpaired) electrons. The molecule has 2 bridgehead atoms. The quantitative estimate of drug-likeness (QED) is 0.415. The number of hydrogen-bond acceptors (Lipinski definition) is 7. The van der Waals surface area contributed by atoms with Crippen molar-refractivity contribution in [3.05, 3.63) is 66.0 Å². The number of ether oxygens (including phenoxy) is 1. The van der Waals surface area contributed by atoms with Crippen LogP contribution in [0.5, 0.6) is 5.75 Å². The first-order valence-corrected chi connectivity index (χ1v) is 13.4. The molecule has 0 amide bonds. The van der Waals surface area contributed by atoms with Gasteiger partial charge in [0.15, 0.2) is 5.82 Å². The molecule has 0 unspecified atom stereocenters. The van der Waals surface area contributed by atoms with Gasteiger partial charge in [0, 0.05) is 29.9 Å². The SMILES string of the molecule is CC(C)(O)c1ncc(-c2ccc3nc4n(c3c2)[C@@H]2C[C@H]4N(S(C)(=O)=O)c3cccc(OC(F)F)c32)cn1. The van der Waals surface area contributed by atoms with Gasteiger partial charge < -0.3 is 14.4 Å². The third kappa shape index (κ3) is 3.74. The number of halogens is 2. The van der Waals surface area contributed by atoms with E-state index in [2.05, 4.69) is 9.97 Å². The molecule has 0 aliphatic carbocycles. The van der Waals surface area contributed by atoms with E-state index < -0.39 is 34.3 Å². The Morgan fingerprint density at radius 2 is 1.84 bits per heavy atom. The summed E-state index contributed by atoms with van der Waals surface area (Å²) in [7, 11) is -3.77. The second-order valence-corrected chi connectivity index (χ2v) is 11.7. The van der Waals surface area contributed by atoms with Crippen molar-refractivity contribution in [2.24, 2.45) is 0 Å². The number of benzene rings is 2. The van der Waals surface area contributed by atoms with E-state index in [0.717, 1.165) is 17.3 Å². The topological polar surface area (TPSA) is 110 Å². The average molecular weight is 528 g/mol. The highest BCUT2D eigenvalue weighted by molar-refractivity contribution is 7.92. The fourth-order valence-corrected chi connectivity index (χ4v) is 6.51. The predicted molar refractivity (Wildman–Crippen MR) is 132 cm³/mol. The number of aromatic nitrogens is 4. The van der Waals surface area contributed by atoms with Gasteiger partial charge in [0.1, 0.15) is 23.2 Å². The van der Waals surface area contributed by atoms with E-state index in [1.165, 1.54) is 16.4 Å². The number of nitrogens with zero attached hydrogens (tertiary/aromatic N) is 5. The van der Waals surface area contributed by atoms with Gasteiger partial charge in [0.05, 0.1) is 29.0 Å². The van der Waals surface area contributed by atoms with Gasteiger partial charge in [-0.3, -0.25) is 4.31 Å². The first kappa shape index (κ1) is 23.7. The first-order valence-electron chi connectivity index (χ1n) is 11.6. The van der Waals surface area contributed by atoms with Gasteiger partial charge >= 0.3 is 6.61 Å². The van der Waals surface area contributed by atoms with Crippen LogP contribution in [0, 0.1) is 0 Å². The van der Waals surface area contributed by atoms with Crippen molar-refractivity contribution in [2.75, 3.05) is 10.6 Å². The number of fused-ring (bicyclic) bond motifs is 9. The highest BCUT2D eigenvalue weighted by Crippen LogP contribution is 2.55. The Bertz CT molecular complexity index is 1650. The number of hydrogen-bond donors (Lipinski definition) is 1. The van der Waals surface area contributed by atoms with E-state index in [0.29, 0.717) is 40.4 Å². The van der Waals surface area contributed by atoms with Crippen LogP contribution in [0.3, 0.4) is 0 Å². The Morgan fingerprint density at radius 1 is 1.11 bits per heavy atom. The van der Waals surface area contributed by atoms with Gasteiger partial charge in [-0.1, -0.05) is 12.1 Å². The molecule has 4 aromatic rings. The minimum Gasteiger partial charge on any atom is -0.434 e. The van der Waals surface area contributed by atoms with E-state index in [4.69, 9.17) is 9.72 Å². The summed E-state index contributed by atoms with van der Waals surface area (Å²) in [6, 6.07) is 9.09. The zero-order valence-electron chi connectivity index (χ0n) is 20.1. The lowest BCUT2D eigenvalue weighted by molar-refractivity contribution is -0.0506. The van der Waals surface area contributed by atoms with Crippen molar-refractivity contribution in [1.29, 1.82) is 0 Å². The summed E-state index contributed by atoms with van der Waals surface area (Å²) < 4.78 is 60.4. The number of sulfonamides is 1. The Morgan fingerprint density at radius 3 is 2.49 bits per heavy atom. The maximum atomic E-state index is 13.3. The maximum Gasteiger partial charge on any atom is 0.387 e. The van der Waals surface area contributed by atoms with Gasteiger partial charge in [-0.25, -0.2) is 23.4 Å². The van der Waals surface area contributed by atoms with Crippen LogP contribution in [-0.2, 0) is 15.6 Å². The van der Waals surface area contributed by atoms with Gasteiger partial charge in [-0.05, 0) is 43.7 Å². The highest BCUT2D eigenvalue weighted by atomic mass is 32.2. The normalized spacial score (nSPS) is 18.8. The molecule has 1 N–H and O–H groups in total. The average Bonchev–Trinajstić information content (AvgIpc) is 3.33. The third-order valence-electron chi connectivity index (χ3n) is 6.78. The van der Waals surface area contributed by atoms with Gasteiger partial charge in [0.2, 0.25) is 10.0 Å². The van der Waals surface area contributed by atoms with Crippen molar-refractivity contribution >= 4 is 26.7 Å². The maximum absolute atomic E-state index is 13.3. The second kappa shape index (κ2) is 7.93. The fraction of sp³-hybridized carbons (Fsp3) is 0.320. The highest BCUT2D eigenvalue weighted by Gasteiger charge is 2.48. The van der Waals surface area contributed by atoms with Crippen molar-refractivity contribution < 1.29 is 27.0 Å². The molecule has 12 heteroatoms. The molecule has 37 heavy (non-hydrogen) atoms. The standard InChI is InChI=1S/C25H23F2N5O4S/c1-25(2,33)23-28-11-14(12-29-23)13-7-8-15-17(9-13)31-18-10-19(22(31)30-15)32(37(3,34)35)16-5-4-6-20(21(16)18)36-24(26)27/h4-9,11-12,18-19,24,33H,10H2,1-3H3/t18-,19-/m1/s1. The summed E-state index contributed by atoms with van der Waals surface area (Å²) in [5.74, 6) is 0.766. The van der Waals surface area contributed by atoms with Gasteiger partial charge in [-0.2, -0.15) is 8.78 Å². The molecule has 4 heterocycles. The summed E-state index contributed by atoms with van der Waals surface area (Å²) in [6.45, 7) is 0.145. The summed E-state index contributed by atoms with van der Waals surface area (Å²) in [5.41, 5.74) is 2.38. The smallest absolute Gasteiger partial charge is 0.387 e. The molecule has 6 rings (SSSR count). The van der Waals surface area contributed by atoms with Crippen LogP contribution in [0.1, 0.15) is 49.6 Å². The van der Waals surface area contributed by atoms with E-state index in [1.807, 2.05) is 22.8 Å². The van der Waals surface area contributed by atoms with E-state index in [9.17, 15) is 22.3 Å². The number of alkyl halides is 2. The molecule has 2 aromatic carbocycles. The van der Waals surface area contributed by atoms with Crippen LogP contribution >= 0.6 is 0 Å². The van der Waals surface area contributed by atoms with Gasteiger partial charge in [-0.15, -0.1) is 0 Å². The third-order valence-corrected chi connectivity index (χ3v) is 7.94. The summed E-state index contributed by atoms with van der Waals surface area (Å²) >= 11 is 0. The number of anilines is 1. The lowest BCUT2D eigenvalue weighted by atomic mass is 9.95. The lowest BCUT2D eigenvalue weighted by Gasteiger charge is -2.35. The van der Waals surface area contributed by atoms with Crippen LogP contribution < -0.4 is 9.04 Å². The van der Waals surface area contributed by atoms with E-state index in [-0.39, 0.29) is 5.75 Å². The van der Waals surface area contributed by atoms with Crippen LogP contribution in [0.4, 0.5) is 14.5 Å². The number of aliphatic hydroxyl groups is 1. The molecule has 2 aromatic heterocycles. The van der Waals surface area contributed by atoms with Crippen LogP contribution in [-0.4, -0.2) is 45.9 Å². The molecular formula is C25H23F2N5O4S. The molecule has 0 spiro atoms.